The second-order valence-electron chi connectivity index (χ2n) is 6.59. The predicted octanol–water partition coefficient (Wildman–Crippen LogP) is 3.40. The van der Waals surface area contributed by atoms with Gasteiger partial charge in [-0.15, -0.1) is 0 Å². The summed E-state index contributed by atoms with van der Waals surface area (Å²) in [6.45, 7) is 3.53. The molecule has 0 unspecified atom stereocenters. The molecule has 0 amide bonds. The summed E-state index contributed by atoms with van der Waals surface area (Å²) in [6.07, 6.45) is 3.01. The van der Waals surface area contributed by atoms with Crippen LogP contribution < -0.4 is 20.1 Å². The number of rotatable bonds is 7. The van der Waals surface area contributed by atoms with E-state index < -0.39 is 0 Å². The van der Waals surface area contributed by atoms with Gasteiger partial charge in [0.25, 0.3) is 0 Å². The van der Waals surface area contributed by atoms with Crippen molar-refractivity contribution in [2.24, 2.45) is 4.99 Å². The van der Waals surface area contributed by atoms with Gasteiger partial charge >= 0.3 is 0 Å². The highest BCUT2D eigenvalue weighted by atomic mass is 16.5. The highest BCUT2D eigenvalue weighted by molar-refractivity contribution is 5.86. The maximum Gasteiger partial charge on any atom is 0.191 e. The highest BCUT2D eigenvalue weighted by Gasteiger charge is 2.08. The van der Waals surface area contributed by atoms with Crippen molar-refractivity contribution in [1.82, 2.24) is 15.6 Å². The smallest absolute Gasteiger partial charge is 0.191 e. The Morgan fingerprint density at radius 1 is 1.07 bits per heavy atom. The molecule has 0 aliphatic carbocycles. The van der Waals surface area contributed by atoms with E-state index in [1.807, 2.05) is 18.2 Å². The zero-order chi connectivity index (χ0) is 19.9. The van der Waals surface area contributed by atoms with Gasteiger partial charge in [0, 0.05) is 48.9 Å². The van der Waals surface area contributed by atoms with Gasteiger partial charge in [0.2, 0.25) is 0 Å². The van der Waals surface area contributed by atoms with Gasteiger partial charge in [-0.3, -0.25) is 4.99 Å². The van der Waals surface area contributed by atoms with E-state index in [1.165, 1.54) is 22.0 Å². The minimum absolute atomic E-state index is 0.610. The summed E-state index contributed by atoms with van der Waals surface area (Å²) in [6, 6.07) is 12.2. The summed E-state index contributed by atoms with van der Waals surface area (Å²) in [5, 5.41) is 8.00. The van der Waals surface area contributed by atoms with Gasteiger partial charge in [-0.2, -0.15) is 0 Å². The van der Waals surface area contributed by atoms with E-state index in [4.69, 9.17) is 9.47 Å². The summed E-state index contributed by atoms with van der Waals surface area (Å²) in [7, 11) is 5.08. The van der Waals surface area contributed by atoms with E-state index in [2.05, 4.69) is 51.9 Å². The number of methoxy groups -OCH3 is 2. The topological polar surface area (TPSA) is 70.7 Å². The summed E-state index contributed by atoms with van der Waals surface area (Å²) >= 11 is 0. The highest BCUT2D eigenvalue weighted by Crippen LogP contribution is 2.24. The molecule has 1 heterocycles. The molecular formula is C22H28N4O2. The fourth-order valence-corrected chi connectivity index (χ4v) is 3.28. The minimum Gasteiger partial charge on any atom is -0.497 e. The second-order valence-corrected chi connectivity index (χ2v) is 6.59. The first-order valence-corrected chi connectivity index (χ1v) is 9.37. The molecular weight excluding hydrogens is 352 g/mol. The van der Waals surface area contributed by atoms with Crippen molar-refractivity contribution in [3.8, 4) is 11.5 Å². The van der Waals surface area contributed by atoms with Gasteiger partial charge in [-0.05, 0) is 36.6 Å². The van der Waals surface area contributed by atoms with E-state index in [1.54, 1.807) is 21.3 Å². The molecule has 6 nitrogen and oxygen atoms in total. The largest absolute Gasteiger partial charge is 0.497 e. The average molecular weight is 380 g/mol. The van der Waals surface area contributed by atoms with Crippen LogP contribution in [0.3, 0.4) is 0 Å². The Kier molecular flexibility index (Phi) is 6.42. The Morgan fingerprint density at radius 3 is 2.68 bits per heavy atom. The van der Waals surface area contributed by atoms with Crippen LogP contribution in [0.25, 0.3) is 10.9 Å². The van der Waals surface area contributed by atoms with E-state index in [0.717, 1.165) is 36.0 Å². The summed E-state index contributed by atoms with van der Waals surface area (Å²) < 4.78 is 10.7. The third-order valence-electron chi connectivity index (χ3n) is 4.86. The number of guanidine groups is 1. The molecule has 3 rings (SSSR count). The van der Waals surface area contributed by atoms with Crippen molar-refractivity contribution in [1.29, 1.82) is 0 Å². The van der Waals surface area contributed by atoms with Crippen molar-refractivity contribution in [2.45, 2.75) is 19.9 Å². The number of fused-ring (bicyclic) bond motifs is 1. The Labute approximate surface area is 166 Å². The summed E-state index contributed by atoms with van der Waals surface area (Å²) in [5.74, 6) is 2.32. The lowest BCUT2D eigenvalue weighted by molar-refractivity contribution is 0.390. The second kappa shape index (κ2) is 9.17. The van der Waals surface area contributed by atoms with E-state index in [0.29, 0.717) is 6.54 Å². The molecule has 0 fully saturated rings. The zero-order valence-corrected chi connectivity index (χ0v) is 16.9. The first kappa shape index (κ1) is 19.6. The standard InChI is InChI=1S/C22H28N4O2/c1-15-6-5-7-19-16(13-25-21(15)19)10-11-24-22(23-2)26-14-17-8-9-18(27-3)12-20(17)28-4/h5-9,12-13,25H,10-11,14H2,1-4H3,(H2,23,24,26). The van der Waals surface area contributed by atoms with E-state index in [-0.39, 0.29) is 0 Å². The molecule has 0 atom stereocenters. The molecule has 6 heteroatoms. The van der Waals surface area contributed by atoms with Crippen LogP contribution in [-0.2, 0) is 13.0 Å². The normalized spacial score (nSPS) is 11.5. The number of hydrogen-bond acceptors (Lipinski definition) is 3. The maximum absolute atomic E-state index is 5.45. The molecule has 28 heavy (non-hydrogen) atoms. The van der Waals surface area contributed by atoms with Crippen molar-refractivity contribution in [3.05, 3.63) is 59.3 Å². The number of benzene rings is 2. The van der Waals surface area contributed by atoms with Crippen LogP contribution in [-0.4, -0.2) is 38.8 Å². The average Bonchev–Trinajstić information content (AvgIpc) is 3.14. The number of aliphatic imine (C=N–C) groups is 1. The first-order valence-electron chi connectivity index (χ1n) is 9.37. The summed E-state index contributed by atoms with van der Waals surface area (Å²) in [5.41, 5.74) is 4.83. The summed E-state index contributed by atoms with van der Waals surface area (Å²) in [4.78, 5) is 7.69. The molecule has 2 aromatic carbocycles. The number of nitrogens with one attached hydrogen (secondary N) is 3. The molecule has 0 spiro atoms. The van der Waals surface area contributed by atoms with Gasteiger partial charge < -0.3 is 25.1 Å². The van der Waals surface area contributed by atoms with Gasteiger partial charge in [-0.25, -0.2) is 0 Å². The third kappa shape index (κ3) is 4.39. The number of aryl methyl sites for hydroxylation is 1. The zero-order valence-electron chi connectivity index (χ0n) is 16.9. The lowest BCUT2D eigenvalue weighted by atomic mass is 10.1. The number of aromatic nitrogens is 1. The lowest BCUT2D eigenvalue weighted by Crippen LogP contribution is -2.37. The number of ether oxygens (including phenoxy) is 2. The van der Waals surface area contributed by atoms with Crippen LogP contribution in [0.4, 0.5) is 0 Å². The van der Waals surface area contributed by atoms with E-state index in [9.17, 15) is 0 Å². The van der Waals surface area contributed by atoms with Crippen LogP contribution in [0, 0.1) is 6.92 Å². The van der Waals surface area contributed by atoms with Crippen LogP contribution in [0.1, 0.15) is 16.7 Å². The molecule has 0 saturated carbocycles. The van der Waals surface area contributed by atoms with Crippen molar-refractivity contribution in [3.63, 3.8) is 0 Å². The fraction of sp³-hybridized carbons (Fsp3) is 0.318. The Balaban J connectivity index is 1.56. The molecule has 1 aromatic heterocycles. The fourth-order valence-electron chi connectivity index (χ4n) is 3.28. The third-order valence-corrected chi connectivity index (χ3v) is 4.86. The van der Waals surface area contributed by atoms with Gasteiger partial charge in [0.1, 0.15) is 11.5 Å². The Morgan fingerprint density at radius 2 is 1.93 bits per heavy atom. The molecule has 0 saturated heterocycles. The van der Waals surface area contributed by atoms with Crippen LogP contribution >= 0.6 is 0 Å². The van der Waals surface area contributed by atoms with Gasteiger partial charge in [0.15, 0.2) is 5.96 Å². The van der Waals surface area contributed by atoms with Crippen LogP contribution in [0.15, 0.2) is 47.6 Å². The SMILES string of the molecule is CN=C(NCCc1c[nH]c2c(C)cccc12)NCc1ccc(OC)cc1OC. The first-order chi connectivity index (χ1) is 13.7. The van der Waals surface area contributed by atoms with Gasteiger partial charge in [-0.1, -0.05) is 18.2 Å². The molecule has 3 N–H and O–H groups in total. The molecule has 0 aliphatic heterocycles. The molecule has 0 aliphatic rings. The van der Waals surface area contributed by atoms with Crippen molar-refractivity contribution >= 4 is 16.9 Å². The number of hydrogen-bond donors (Lipinski definition) is 3. The number of H-pyrrole nitrogens is 1. The molecule has 0 radical (unpaired) electrons. The molecule has 0 bridgehead atoms. The monoisotopic (exact) mass is 380 g/mol. The minimum atomic E-state index is 0.610. The van der Waals surface area contributed by atoms with E-state index >= 15 is 0 Å². The predicted molar refractivity (Wildman–Crippen MR) is 114 cm³/mol. The van der Waals surface area contributed by atoms with Crippen molar-refractivity contribution < 1.29 is 9.47 Å². The quantitative estimate of drug-likeness (QED) is 0.434. The van der Waals surface area contributed by atoms with Crippen LogP contribution in [0.2, 0.25) is 0 Å². The number of nitrogens with zero attached hydrogens (tertiary/aromatic N) is 1. The number of para-hydroxylation sites is 1. The molecule has 3 aromatic rings. The molecule has 148 valence electrons. The lowest BCUT2D eigenvalue weighted by Gasteiger charge is -2.14. The van der Waals surface area contributed by atoms with Crippen molar-refractivity contribution in [2.75, 3.05) is 27.8 Å². The Hall–Kier alpha value is -3.15. The maximum atomic E-state index is 5.45. The number of aromatic amines is 1. The Bertz CT molecular complexity index is 962. The van der Waals surface area contributed by atoms with Gasteiger partial charge in [0.05, 0.1) is 14.2 Å². The van der Waals surface area contributed by atoms with Crippen LogP contribution in [0.5, 0.6) is 11.5 Å².